The fourth-order valence-electron chi connectivity index (χ4n) is 4.79. The number of hydrogen-bond donors (Lipinski definition) is 2. The second-order valence-electron chi connectivity index (χ2n) is 10.2. The van der Waals surface area contributed by atoms with E-state index in [4.69, 9.17) is 10.5 Å². The highest BCUT2D eigenvalue weighted by Gasteiger charge is 2.40. The van der Waals surface area contributed by atoms with Gasteiger partial charge in [0.1, 0.15) is 11.7 Å². The Morgan fingerprint density at radius 2 is 1.93 bits per heavy atom. The molecule has 0 aromatic carbocycles. The van der Waals surface area contributed by atoms with Crippen molar-refractivity contribution in [1.29, 1.82) is 0 Å². The van der Waals surface area contributed by atoms with E-state index in [1.54, 1.807) is 25.4 Å². The van der Waals surface area contributed by atoms with Crippen LogP contribution in [-0.2, 0) is 23.0 Å². The first-order chi connectivity index (χ1) is 20.8. The van der Waals surface area contributed by atoms with Gasteiger partial charge in [-0.2, -0.15) is 23.4 Å². The normalized spacial score (nSPS) is 16.2. The molecule has 11 nitrogen and oxygen atoms in total. The number of aromatic nitrogens is 5. The first-order valence-corrected chi connectivity index (χ1v) is 14.2. The number of imidazole rings is 1. The number of carbonyl (C=O) groups is 2. The van der Waals surface area contributed by atoms with E-state index in [1.807, 2.05) is 13.8 Å². The molecule has 2 atom stereocenters. The van der Waals surface area contributed by atoms with Gasteiger partial charge in [-0.3, -0.25) is 14.3 Å². The number of nitrogens with two attached hydrogens (primary N) is 1. The lowest BCUT2D eigenvalue weighted by Crippen LogP contribution is -2.49. The molecule has 3 aromatic rings. The van der Waals surface area contributed by atoms with Gasteiger partial charge in [0.2, 0.25) is 12.3 Å². The number of nitrogens with zero attached hydrogens (tertiary/aromatic N) is 6. The molecule has 246 valence electrons. The Kier molecular flexibility index (Phi) is 13.6. The Bertz CT molecular complexity index is 1320. The molecule has 0 aliphatic heterocycles. The van der Waals surface area contributed by atoms with Crippen LogP contribution in [0.3, 0.4) is 0 Å². The topological polar surface area (TPSA) is 133 Å². The second kappa shape index (κ2) is 16.4. The number of aryl methyl sites for hydroxylation is 1. The summed E-state index contributed by atoms with van der Waals surface area (Å²) in [6.07, 6.45) is 1.68. The number of fused-ring (bicyclic) bond motifs is 1. The van der Waals surface area contributed by atoms with Crippen LogP contribution in [0.4, 0.5) is 22.0 Å². The van der Waals surface area contributed by atoms with E-state index in [2.05, 4.69) is 20.5 Å². The molecular formula is C28H41F5N8O3. The van der Waals surface area contributed by atoms with Gasteiger partial charge in [-0.1, -0.05) is 13.8 Å². The van der Waals surface area contributed by atoms with Gasteiger partial charge in [0.05, 0.1) is 30.7 Å². The van der Waals surface area contributed by atoms with Crippen molar-refractivity contribution >= 4 is 18.0 Å². The summed E-state index contributed by atoms with van der Waals surface area (Å²) in [5.41, 5.74) is 7.02. The molecule has 0 saturated heterocycles. The van der Waals surface area contributed by atoms with E-state index in [0.717, 1.165) is 4.90 Å². The predicted molar refractivity (Wildman–Crippen MR) is 153 cm³/mol. The molecule has 44 heavy (non-hydrogen) atoms. The molecule has 1 fully saturated rings. The molecule has 2 amide bonds. The lowest BCUT2D eigenvalue weighted by molar-refractivity contribution is -0.161. The number of primary amides is 1. The smallest absolute Gasteiger partial charge is 0.382 e. The Balaban J connectivity index is 0.000000519. The minimum atomic E-state index is -4.53. The zero-order chi connectivity index (χ0) is 33.1. The van der Waals surface area contributed by atoms with Gasteiger partial charge in [-0.05, 0) is 44.4 Å². The maximum Gasteiger partial charge on any atom is 0.405 e. The third kappa shape index (κ3) is 10.2. The van der Waals surface area contributed by atoms with Gasteiger partial charge in [0.25, 0.3) is 5.91 Å². The Labute approximate surface area is 252 Å². The lowest BCUT2D eigenvalue weighted by atomic mass is 9.84. The molecule has 0 spiro atoms. The van der Waals surface area contributed by atoms with E-state index in [0.29, 0.717) is 48.3 Å². The maximum absolute atomic E-state index is 13.4. The summed E-state index contributed by atoms with van der Waals surface area (Å²) in [6, 6.07) is 0.513. The van der Waals surface area contributed by atoms with Crippen molar-refractivity contribution in [3.05, 3.63) is 47.7 Å². The molecule has 16 heteroatoms. The molecule has 2 unspecified atom stereocenters. The summed E-state index contributed by atoms with van der Waals surface area (Å²) in [7, 11) is 4.24. The van der Waals surface area contributed by atoms with Crippen molar-refractivity contribution in [3.8, 4) is 0 Å². The van der Waals surface area contributed by atoms with Crippen molar-refractivity contribution in [2.45, 2.75) is 70.1 Å². The maximum atomic E-state index is 13.4. The fraction of sp³-hybridized carbons (Fsp3) is 0.607. The molecule has 3 N–H and O–H groups in total. The number of nitrogens with one attached hydrogen (secondary N) is 1. The third-order valence-electron chi connectivity index (χ3n) is 7.18. The number of likely N-dealkylation sites (N-methyl/N-ethyl adjacent to an activating group) is 1. The zero-order valence-electron chi connectivity index (χ0n) is 25.5. The van der Waals surface area contributed by atoms with Gasteiger partial charge in [0, 0.05) is 45.3 Å². The van der Waals surface area contributed by atoms with Gasteiger partial charge in [-0.15, -0.1) is 0 Å². The molecule has 0 bridgehead atoms. The van der Waals surface area contributed by atoms with Crippen LogP contribution in [0, 0.1) is 5.92 Å². The van der Waals surface area contributed by atoms with Gasteiger partial charge in [-0.25, -0.2) is 18.3 Å². The highest BCUT2D eigenvalue weighted by atomic mass is 19.4. The van der Waals surface area contributed by atoms with Crippen LogP contribution < -0.4 is 11.1 Å². The number of carbonyl (C=O) groups excluding carboxylic acids is 2. The van der Waals surface area contributed by atoms with Gasteiger partial charge in [0.15, 0.2) is 5.65 Å². The fourth-order valence-corrected chi connectivity index (χ4v) is 4.79. The number of rotatable bonds is 11. The summed E-state index contributed by atoms with van der Waals surface area (Å²) in [6.45, 7) is 3.36. The van der Waals surface area contributed by atoms with Crippen LogP contribution in [0.2, 0.25) is 0 Å². The summed E-state index contributed by atoms with van der Waals surface area (Å²) in [5.74, 6) is -2.93. The number of methoxy groups -OCH3 is 1. The monoisotopic (exact) mass is 632 g/mol. The molecule has 3 heterocycles. The minimum Gasteiger partial charge on any atom is -0.382 e. The predicted octanol–water partition coefficient (Wildman–Crippen LogP) is 3.94. The Morgan fingerprint density at radius 1 is 1.27 bits per heavy atom. The highest BCUT2D eigenvalue weighted by molar-refractivity contribution is 5.90. The van der Waals surface area contributed by atoms with E-state index in [-0.39, 0.29) is 25.4 Å². The van der Waals surface area contributed by atoms with Crippen LogP contribution >= 0.6 is 0 Å². The molecule has 1 aliphatic carbocycles. The standard InChI is InChI=1S/C21H28F5N5O2.C5H7N3O.C2H6/c1-27-18(21(24,25)26)11-30(13-32)17(12-33-2)15-8-19-29-16(10-31(19)28-9-15)7-14-3-5-20(22,23)6-4-14;1-8-4(5(6)9)2-3-7-8;1-2/h8-10,13-14,17-18,27H,3-7,11-12H2,1-2H3;2-3H,1H3,(H2,6,9);1-2H3. The molecule has 3 aromatic heterocycles. The summed E-state index contributed by atoms with van der Waals surface area (Å²) in [4.78, 5) is 27.7. The quantitative estimate of drug-likeness (QED) is 0.242. The number of alkyl halides is 5. The Morgan fingerprint density at radius 3 is 2.41 bits per heavy atom. The highest BCUT2D eigenvalue weighted by Crippen LogP contribution is 2.37. The third-order valence-corrected chi connectivity index (χ3v) is 7.18. The van der Waals surface area contributed by atoms with Crippen molar-refractivity contribution in [3.63, 3.8) is 0 Å². The van der Waals surface area contributed by atoms with Crippen molar-refractivity contribution in [2.24, 2.45) is 18.7 Å². The van der Waals surface area contributed by atoms with E-state index >= 15 is 0 Å². The van der Waals surface area contributed by atoms with E-state index in [1.165, 1.54) is 35.7 Å². The average molecular weight is 633 g/mol. The van der Waals surface area contributed by atoms with Crippen molar-refractivity contribution in [1.82, 2.24) is 34.6 Å². The average Bonchev–Trinajstić information content (AvgIpc) is 3.59. The van der Waals surface area contributed by atoms with Crippen LogP contribution in [0.5, 0.6) is 0 Å². The molecule has 4 rings (SSSR count). The number of hydrogen-bond acceptors (Lipinski definition) is 7. The van der Waals surface area contributed by atoms with Crippen molar-refractivity contribution < 1.29 is 36.3 Å². The van der Waals surface area contributed by atoms with Gasteiger partial charge < -0.3 is 20.7 Å². The molecular weight excluding hydrogens is 591 g/mol. The Hall–Kier alpha value is -3.66. The minimum absolute atomic E-state index is 0.0330. The van der Waals surface area contributed by atoms with E-state index in [9.17, 15) is 31.5 Å². The molecule has 0 radical (unpaired) electrons. The number of amides is 2. The first-order valence-electron chi connectivity index (χ1n) is 14.2. The zero-order valence-corrected chi connectivity index (χ0v) is 25.5. The van der Waals surface area contributed by atoms with Crippen LogP contribution in [0.25, 0.3) is 5.65 Å². The molecule has 1 saturated carbocycles. The summed E-state index contributed by atoms with van der Waals surface area (Å²) < 4.78 is 74.5. The number of ether oxygens (including phenoxy) is 1. The van der Waals surface area contributed by atoms with Gasteiger partial charge >= 0.3 is 6.18 Å². The van der Waals surface area contributed by atoms with Crippen molar-refractivity contribution in [2.75, 3.05) is 27.3 Å². The molecule has 1 aliphatic rings. The summed E-state index contributed by atoms with van der Waals surface area (Å²) >= 11 is 0. The SMILES string of the molecule is CC.CNC(CN(C=O)C(COC)c1cnn2cc(CC3CCC(F)(F)CC3)nc2c1)C(F)(F)F.Cn1nccc1C(N)=O. The largest absolute Gasteiger partial charge is 0.405 e. The second-order valence-corrected chi connectivity index (χ2v) is 10.2. The van der Waals surface area contributed by atoms with Crippen LogP contribution in [0.1, 0.15) is 67.3 Å². The van der Waals surface area contributed by atoms with Crippen LogP contribution in [-0.4, -0.2) is 87.0 Å². The van der Waals surface area contributed by atoms with Crippen LogP contribution in [0.15, 0.2) is 30.7 Å². The number of halogens is 5. The first kappa shape index (κ1) is 36.5. The van der Waals surface area contributed by atoms with E-state index < -0.39 is 36.6 Å². The summed E-state index contributed by atoms with van der Waals surface area (Å²) in [5, 5.41) is 10.2. The lowest BCUT2D eigenvalue weighted by Gasteiger charge is -2.32.